The lowest BCUT2D eigenvalue weighted by Crippen LogP contribution is -1.88. The lowest BCUT2D eigenvalue weighted by molar-refractivity contribution is 0.426. The molecular weight excluding hydrogens is 227 g/mol. The Labute approximate surface area is 91.4 Å². The van der Waals surface area contributed by atoms with Crippen LogP contribution in [0.25, 0.3) is 0 Å². The van der Waals surface area contributed by atoms with Gasteiger partial charge < -0.3 is 4.74 Å². The van der Waals surface area contributed by atoms with Crippen LogP contribution in [0.15, 0.2) is 23.1 Å². The van der Waals surface area contributed by atoms with Gasteiger partial charge in [0.2, 0.25) is 0 Å². The number of benzene rings is 1. The largest absolute Gasteiger partial charge is 0.372 e. The third-order valence-electron chi connectivity index (χ3n) is 1.67. The highest BCUT2D eigenvalue weighted by molar-refractivity contribution is 7.99. The number of ether oxygens (including phenoxy) is 1. The first-order valence-corrected chi connectivity index (χ1v) is 5.69. The monoisotopic (exact) mass is 234 g/mol. The molecule has 1 nitrogen and oxygen atoms in total. The van der Waals surface area contributed by atoms with Gasteiger partial charge in [0.15, 0.2) is 0 Å². The molecule has 0 spiro atoms. The van der Waals surface area contributed by atoms with Crippen LogP contribution >= 0.6 is 35.0 Å². The molecule has 0 radical (unpaired) electrons. The van der Waals surface area contributed by atoms with E-state index in [9.17, 15) is 0 Å². The lowest BCUT2D eigenvalue weighted by atomic mass is 10.4. The van der Waals surface area contributed by atoms with Crippen LogP contribution in [0.2, 0.25) is 10.0 Å². The lowest BCUT2D eigenvalue weighted by Gasteiger charge is -2.00. The molecule has 70 valence electrons. The Morgan fingerprint density at radius 3 is 2.46 bits per heavy atom. The van der Waals surface area contributed by atoms with Crippen molar-refractivity contribution in [1.29, 1.82) is 0 Å². The zero-order valence-electron chi connectivity index (χ0n) is 6.80. The van der Waals surface area contributed by atoms with E-state index >= 15 is 0 Å². The molecule has 1 atom stereocenters. The molecule has 2 rings (SSSR count). The Hall–Kier alpha value is 0.110. The molecule has 1 unspecified atom stereocenters. The Kier molecular flexibility index (Phi) is 3.04. The zero-order chi connectivity index (χ0) is 9.26. The van der Waals surface area contributed by atoms with Crippen LogP contribution in [-0.4, -0.2) is 18.5 Å². The SMILES string of the molecule is Clc1cc(Cl)cc(SCC2CO2)c1. The maximum absolute atomic E-state index is 5.85. The van der Waals surface area contributed by atoms with E-state index in [0.717, 1.165) is 17.3 Å². The minimum Gasteiger partial charge on any atom is -0.372 e. The van der Waals surface area contributed by atoms with Crippen molar-refractivity contribution in [1.82, 2.24) is 0 Å². The molecular formula is C9H8Cl2OS. The van der Waals surface area contributed by atoms with Gasteiger partial charge >= 0.3 is 0 Å². The van der Waals surface area contributed by atoms with E-state index in [-0.39, 0.29) is 0 Å². The third-order valence-corrected chi connectivity index (χ3v) is 3.22. The first kappa shape index (κ1) is 9.66. The molecule has 1 saturated heterocycles. The summed E-state index contributed by atoms with van der Waals surface area (Å²) in [5.74, 6) is 0.983. The van der Waals surface area contributed by atoms with Crippen molar-refractivity contribution in [2.75, 3.05) is 12.4 Å². The van der Waals surface area contributed by atoms with Gasteiger partial charge in [-0.3, -0.25) is 0 Å². The van der Waals surface area contributed by atoms with Crippen molar-refractivity contribution in [3.63, 3.8) is 0 Å². The van der Waals surface area contributed by atoms with Gasteiger partial charge in [0, 0.05) is 20.7 Å². The predicted molar refractivity (Wildman–Crippen MR) is 56.9 cm³/mol. The number of epoxide rings is 1. The second-order valence-electron chi connectivity index (χ2n) is 2.87. The Morgan fingerprint density at radius 1 is 1.31 bits per heavy atom. The summed E-state index contributed by atoms with van der Waals surface area (Å²) in [4.78, 5) is 1.10. The molecule has 0 saturated carbocycles. The Balaban J connectivity index is 2.01. The quantitative estimate of drug-likeness (QED) is 0.587. The molecule has 0 N–H and O–H groups in total. The number of rotatable bonds is 3. The van der Waals surface area contributed by atoms with Crippen LogP contribution in [0.4, 0.5) is 0 Å². The van der Waals surface area contributed by atoms with E-state index in [1.165, 1.54) is 0 Å². The van der Waals surface area contributed by atoms with Crippen LogP contribution in [0.5, 0.6) is 0 Å². The first-order valence-electron chi connectivity index (χ1n) is 3.94. The third kappa shape index (κ3) is 3.06. The maximum Gasteiger partial charge on any atom is 0.0903 e. The molecule has 1 aliphatic heterocycles. The second-order valence-corrected chi connectivity index (χ2v) is 4.84. The molecule has 1 heterocycles. The standard InChI is InChI=1S/C9H8Cl2OS/c10-6-1-7(11)3-9(2-6)13-5-8-4-12-8/h1-3,8H,4-5H2. The van der Waals surface area contributed by atoms with Gasteiger partial charge in [-0.25, -0.2) is 0 Å². The summed E-state index contributed by atoms with van der Waals surface area (Å²) < 4.78 is 5.10. The minimum atomic E-state index is 0.433. The highest BCUT2D eigenvalue weighted by Crippen LogP contribution is 2.28. The van der Waals surface area contributed by atoms with Gasteiger partial charge in [-0.05, 0) is 18.2 Å². The summed E-state index contributed by atoms with van der Waals surface area (Å²) >= 11 is 13.4. The highest BCUT2D eigenvalue weighted by Gasteiger charge is 2.22. The average Bonchev–Trinajstić information content (AvgIpc) is 2.81. The average molecular weight is 235 g/mol. The second kappa shape index (κ2) is 4.09. The molecule has 13 heavy (non-hydrogen) atoms. The first-order chi connectivity index (χ1) is 6.24. The van der Waals surface area contributed by atoms with Crippen molar-refractivity contribution in [3.05, 3.63) is 28.2 Å². The molecule has 1 aromatic carbocycles. The summed E-state index contributed by atoms with van der Waals surface area (Å²) in [7, 11) is 0. The van der Waals surface area contributed by atoms with E-state index in [1.54, 1.807) is 17.8 Å². The summed E-state index contributed by atoms with van der Waals surface area (Å²) in [6.45, 7) is 0.890. The van der Waals surface area contributed by atoms with Crippen molar-refractivity contribution >= 4 is 35.0 Å². The summed E-state index contributed by atoms with van der Waals surface area (Å²) in [6.07, 6.45) is 0.433. The van der Waals surface area contributed by atoms with Crippen molar-refractivity contribution < 1.29 is 4.74 Å². The summed E-state index contributed by atoms with van der Waals surface area (Å²) in [5.41, 5.74) is 0. The molecule has 1 aliphatic rings. The van der Waals surface area contributed by atoms with Crippen LogP contribution in [-0.2, 0) is 4.74 Å². The van der Waals surface area contributed by atoms with Crippen molar-refractivity contribution in [3.8, 4) is 0 Å². The number of halogens is 2. The van der Waals surface area contributed by atoms with Gasteiger partial charge in [0.25, 0.3) is 0 Å². The zero-order valence-corrected chi connectivity index (χ0v) is 9.12. The van der Waals surface area contributed by atoms with E-state index in [0.29, 0.717) is 16.1 Å². The fraction of sp³-hybridized carbons (Fsp3) is 0.333. The number of hydrogen-bond acceptors (Lipinski definition) is 2. The van der Waals surface area contributed by atoms with Crippen molar-refractivity contribution in [2.45, 2.75) is 11.0 Å². The predicted octanol–water partition coefficient (Wildman–Crippen LogP) is 3.48. The van der Waals surface area contributed by atoms with Gasteiger partial charge in [0.1, 0.15) is 0 Å². The molecule has 1 fully saturated rings. The molecule has 4 heteroatoms. The molecule has 1 aromatic rings. The van der Waals surface area contributed by atoms with E-state index in [4.69, 9.17) is 27.9 Å². The maximum atomic E-state index is 5.85. The molecule has 0 bridgehead atoms. The molecule has 0 aromatic heterocycles. The minimum absolute atomic E-state index is 0.433. The molecule has 0 aliphatic carbocycles. The number of hydrogen-bond donors (Lipinski definition) is 0. The fourth-order valence-electron chi connectivity index (χ4n) is 0.965. The summed E-state index contributed by atoms with van der Waals surface area (Å²) in [5, 5.41) is 1.37. The van der Waals surface area contributed by atoms with Crippen LogP contribution in [0.3, 0.4) is 0 Å². The van der Waals surface area contributed by atoms with Gasteiger partial charge in [-0.2, -0.15) is 0 Å². The van der Waals surface area contributed by atoms with E-state index in [1.807, 2.05) is 12.1 Å². The fourth-order valence-corrected chi connectivity index (χ4v) is 2.61. The van der Waals surface area contributed by atoms with E-state index < -0.39 is 0 Å². The topological polar surface area (TPSA) is 12.5 Å². The normalized spacial score (nSPS) is 20.3. The Morgan fingerprint density at radius 2 is 1.92 bits per heavy atom. The van der Waals surface area contributed by atoms with Crippen molar-refractivity contribution in [2.24, 2.45) is 0 Å². The highest BCUT2D eigenvalue weighted by atomic mass is 35.5. The molecule has 0 amide bonds. The van der Waals surface area contributed by atoms with Gasteiger partial charge in [-0.1, -0.05) is 23.2 Å². The summed E-state index contributed by atoms with van der Waals surface area (Å²) in [6, 6.07) is 5.57. The van der Waals surface area contributed by atoms with Gasteiger partial charge in [0.05, 0.1) is 12.7 Å². The van der Waals surface area contributed by atoms with Crippen LogP contribution in [0, 0.1) is 0 Å². The van der Waals surface area contributed by atoms with Crippen LogP contribution in [0.1, 0.15) is 0 Å². The van der Waals surface area contributed by atoms with E-state index in [2.05, 4.69) is 0 Å². The smallest absolute Gasteiger partial charge is 0.0903 e. The van der Waals surface area contributed by atoms with Gasteiger partial charge in [-0.15, -0.1) is 11.8 Å². The number of thioether (sulfide) groups is 1. The van der Waals surface area contributed by atoms with Crippen LogP contribution < -0.4 is 0 Å². The Bertz CT molecular complexity index is 292.